The fourth-order valence-electron chi connectivity index (χ4n) is 3.08. The number of pyridine rings is 1. The van der Waals surface area contributed by atoms with Crippen LogP contribution in [0.15, 0.2) is 24.4 Å². The van der Waals surface area contributed by atoms with Gasteiger partial charge in [0.25, 0.3) is 0 Å². The molecule has 4 rings (SSSR count). The fourth-order valence-corrected chi connectivity index (χ4v) is 3.90. The van der Waals surface area contributed by atoms with Crippen LogP contribution in [0.5, 0.6) is 5.06 Å². The molecule has 1 N–H and O–H groups in total. The Morgan fingerprint density at radius 3 is 2.93 bits per heavy atom. The lowest BCUT2D eigenvalue weighted by Gasteiger charge is -2.22. The van der Waals surface area contributed by atoms with Crippen molar-refractivity contribution < 1.29 is 14.3 Å². The Bertz CT molecular complexity index is 1040. The van der Waals surface area contributed by atoms with E-state index in [0.29, 0.717) is 29.7 Å². The number of amides is 1. The topological polar surface area (TPSA) is 104 Å². The second-order valence-corrected chi connectivity index (χ2v) is 7.83. The molecule has 3 aromatic heterocycles. The van der Waals surface area contributed by atoms with Crippen LogP contribution in [-0.2, 0) is 11.8 Å². The molecule has 156 valence electrons. The largest absolute Gasteiger partial charge is 0.413 e. The van der Waals surface area contributed by atoms with E-state index in [2.05, 4.69) is 25.6 Å². The third-order valence-electron chi connectivity index (χ3n) is 4.66. The first-order chi connectivity index (χ1) is 14.6. The average Bonchev–Trinajstić information content (AvgIpc) is 3.29. The highest BCUT2D eigenvalue weighted by molar-refractivity contribution is 7.14. The van der Waals surface area contributed by atoms with Crippen LogP contribution in [0.1, 0.15) is 29.2 Å². The predicted molar refractivity (Wildman–Crippen MR) is 113 cm³/mol. The zero-order chi connectivity index (χ0) is 20.9. The highest BCUT2D eigenvalue weighted by Gasteiger charge is 2.19. The van der Waals surface area contributed by atoms with Gasteiger partial charge in [-0.25, -0.2) is 14.5 Å². The van der Waals surface area contributed by atoms with Crippen LogP contribution in [0.2, 0.25) is 0 Å². The van der Waals surface area contributed by atoms with Crippen molar-refractivity contribution in [3.05, 3.63) is 40.8 Å². The number of aromatic nitrogens is 5. The molecular weight excluding hydrogens is 404 g/mol. The summed E-state index contributed by atoms with van der Waals surface area (Å²) in [5.41, 5.74) is 2.90. The van der Waals surface area contributed by atoms with E-state index in [1.165, 1.54) is 11.3 Å². The standard InChI is InChI=1S/C20H22N6O3S/c1-13-19(29-20(27)23-14-8-11-28-12-9-14)30-17(22-13)7-6-16-18(24-25-26(16)2)15-5-3-4-10-21-15/h3-7,10,14H,8-9,11-12H2,1-2H3,(H,23,27)/b7-6+. The minimum atomic E-state index is -0.461. The first-order valence-corrected chi connectivity index (χ1v) is 10.4. The molecule has 0 aromatic carbocycles. The molecule has 3 aromatic rings. The van der Waals surface area contributed by atoms with Gasteiger partial charge in [0.15, 0.2) is 0 Å². The maximum absolute atomic E-state index is 12.2. The summed E-state index contributed by atoms with van der Waals surface area (Å²) >= 11 is 1.31. The lowest BCUT2D eigenvalue weighted by Crippen LogP contribution is -2.40. The Morgan fingerprint density at radius 1 is 1.33 bits per heavy atom. The van der Waals surface area contributed by atoms with E-state index in [1.807, 2.05) is 44.3 Å². The molecular formula is C20H22N6O3S. The molecule has 4 heterocycles. The van der Waals surface area contributed by atoms with E-state index in [0.717, 1.165) is 29.2 Å². The molecule has 1 aliphatic rings. The average molecular weight is 427 g/mol. The van der Waals surface area contributed by atoms with Gasteiger partial charge in [0, 0.05) is 32.5 Å². The Balaban J connectivity index is 1.46. The van der Waals surface area contributed by atoms with E-state index >= 15 is 0 Å². The van der Waals surface area contributed by atoms with Crippen LogP contribution in [0.4, 0.5) is 4.79 Å². The van der Waals surface area contributed by atoms with Gasteiger partial charge in [-0.2, -0.15) is 0 Å². The highest BCUT2D eigenvalue weighted by atomic mass is 32.1. The van der Waals surface area contributed by atoms with Gasteiger partial charge >= 0.3 is 6.09 Å². The summed E-state index contributed by atoms with van der Waals surface area (Å²) in [5.74, 6) is 0. The van der Waals surface area contributed by atoms with E-state index in [-0.39, 0.29) is 6.04 Å². The smallest absolute Gasteiger partial charge is 0.397 e. The van der Waals surface area contributed by atoms with Crippen LogP contribution in [0.3, 0.4) is 0 Å². The van der Waals surface area contributed by atoms with Crippen molar-refractivity contribution in [2.24, 2.45) is 7.05 Å². The molecule has 0 atom stereocenters. The molecule has 1 fully saturated rings. The van der Waals surface area contributed by atoms with Crippen LogP contribution in [0.25, 0.3) is 23.5 Å². The van der Waals surface area contributed by atoms with Gasteiger partial charge in [-0.3, -0.25) is 4.98 Å². The summed E-state index contributed by atoms with van der Waals surface area (Å²) in [6.45, 7) is 3.13. The van der Waals surface area contributed by atoms with Crippen molar-refractivity contribution in [2.45, 2.75) is 25.8 Å². The van der Waals surface area contributed by atoms with Crippen molar-refractivity contribution in [3.63, 3.8) is 0 Å². The number of hydrogen-bond acceptors (Lipinski definition) is 8. The Kier molecular flexibility index (Phi) is 6.15. The lowest BCUT2D eigenvalue weighted by atomic mass is 10.1. The number of ether oxygens (including phenoxy) is 2. The lowest BCUT2D eigenvalue weighted by molar-refractivity contribution is 0.0779. The van der Waals surface area contributed by atoms with Gasteiger partial charge in [-0.15, -0.1) is 5.10 Å². The molecule has 0 bridgehead atoms. The summed E-state index contributed by atoms with van der Waals surface area (Å²) in [6.07, 6.45) is 6.58. The molecule has 10 heteroatoms. The summed E-state index contributed by atoms with van der Waals surface area (Å²) in [4.78, 5) is 21.0. The number of carbonyl (C=O) groups is 1. The number of aryl methyl sites for hydroxylation is 2. The molecule has 30 heavy (non-hydrogen) atoms. The summed E-state index contributed by atoms with van der Waals surface area (Å²) in [6, 6.07) is 5.73. The third kappa shape index (κ3) is 4.71. The van der Waals surface area contributed by atoms with Crippen LogP contribution in [-0.4, -0.2) is 50.3 Å². The van der Waals surface area contributed by atoms with Gasteiger partial charge in [-0.05, 0) is 44.1 Å². The van der Waals surface area contributed by atoms with Crippen LogP contribution >= 0.6 is 11.3 Å². The van der Waals surface area contributed by atoms with Crippen molar-refractivity contribution in [2.75, 3.05) is 13.2 Å². The van der Waals surface area contributed by atoms with Crippen molar-refractivity contribution >= 4 is 29.6 Å². The molecule has 0 radical (unpaired) electrons. The van der Waals surface area contributed by atoms with Crippen LogP contribution < -0.4 is 10.1 Å². The fraction of sp³-hybridized carbons (Fsp3) is 0.350. The number of rotatable bonds is 5. The van der Waals surface area contributed by atoms with E-state index < -0.39 is 6.09 Å². The second-order valence-electron chi connectivity index (χ2n) is 6.84. The van der Waals surface area contributed by atoms with Crippen molar-refractivity contribution in [1.82, 2.24) is 30.3 Å². The van der Waals surface area contributed by atoms with Crippen molar-refractivity contribution in [1.29, 1.82) is 0 Å². The summed E-state index contributed by atoms with van der Waals surface area (Å²) < 4.78 is 12.5. The predicted octanol–water partition coefficient (Wildman–Crippen LogP) is 3.08. The number of carbonyl (C=O) groups excluding carboxylic acids is 1. The Morgan fingerprint density at radius 2 is 2.17 bits per heavy atom. The number of nitrogens with zero attached hydrogens (tertiary/aromatic N) is 5. The molecule has 1 amide bonds. The van der Waals surface area contributed by atoms with E-state index in [1.54, 1.807) is 10.9 Å². The van der Waals surface area contributed by atoms with Gasteiger partial charge in [0.2, 0.25) is 5.06 Å². The molecule has 0 saturated carbocycles. The maximum Gasteiger partial charge on any atom is 0.413 e. The summed E-state index contributed by atoms with van der Waals surface area (Å²) in [7, 11) is 1.82. The SMILES string of the molecule is Cc1nc(/C=C/c2c(-c3ccccn3)nnn2C)sc1OC(=O)NC1CCOCC1. The molecule has 0 unspecified atom stereocenters. The Hall–Kier alpha value is -3.11. The van der Waals surface area contributed by atoms with Gasteiger partial charge in [0.1, 0.15) is 10.7 Å². The van der Waals surface area contributed by atoms with E-state index in [9.17, 15) is 4.79 Å². The minimum Gasteiger partial charge on any atom is -0.397 e. The third-order valence-corrected chi connectivity index (χ3v) is 5.66. The van der Waals surface area contributed by atoms with E-state index in [4.69, 9.17) is 9.47 Å². The van der Waals surface area contributed by atoms with Crippen molar-refractivity contribution in [3.8, 4) is 16.5 Å². The minimum absolute atomic E-state index is 0.0844. The number of nitrogens with one attached hydrogen (secondary N) is 1. The normalized spacial score (nSPS) is 14.9. The summed E-state index contributed by atoms with van der Waals surface area (Å²) in [5, 5.41) is 12.4. The molecule has 0 aliphatic carbocycles. The highest BCUT2D eigenvalue weighted by Crippen LogP contribution is 2.29. The second kappa shape index (κ2) is 9.14. The molecule has 1 aliphatic heterocycles. The van der Waals surface area contributed by atoms with Gasteiger partial charge in [0.05, 0.1) is 17.1 Å². The number of hydrogen-bond donors (Lipinski definition) is 1. The monoisotopic (exact) mass is 426 g/mol. The zero-order valence-electron chi connectivity index (χ0n) is 16.7. The molecule has 1 saturated heterocycles. The molecule has 9 nitrogen and oxygen atoms in total. The zero-order valence-corrected chi connectivity index (χ0v) is 17.6. The number of thiazole rings is 1. The van der Waals surface area contributed by atoms with Gasteiger partial charge < -0.3 is 14.8 Å². The quantitative estimate of drug-likeness (QED) is 0.668. The molecule has 0 spiro atoms. The first kappa shape index (κ1) is 20.2. The van der Waals surface area contributed by atoms with Gasteiger partial charge in [-0.1, -0.05) is 22.6 Å². The first-order valence-electron chi connectivity index (χ1n) is 9.63. The Labute approximate surface area is 177 Å². The van der Waals surface area contributed by atoms with Crippen LogP contribution in [0, 0.1) is 6.92 Å². The maximum atomic E-state index is 12.2.